The van der Waals surface area contributed by atoms with E-state index in [2.05, 4.69) is 25.7 Å². The van der Waals surface area contributed by atoms with Gasteiger partial charge in [0.15, 0.2) is 0 Å². The Morgan fingerprint density at radius 3 is 2.52 bits per heavy atom. The standard InChI is InChI=1S/C22H35FN2O2/c1-17-12-21(14-22(2,3)13-17)27-16-20(26)15-24-8-10-25(11-9-24)19-6-4-18(23)5-7-19/h4-7,17,20-21,26H,8-16H2,1-3H3/p+1/t17-,20-,21-/m1/s1. The fraction of sp³-hybridized carbons (Fsp3) is 0.727. The van der Waals surface area contributed by atoms with Crippen LogP contribution in [0, 0.1) is 17.2 Å². The number of aliphatic hydroxyl groups is 1. The van der Waals surface area contributed by atoms with Gasteiger partial charge in [0.2, 0.25) is 0 Å². The molecule has 1 aromatic carbocycles. The molecule has 0 amide bonds. The van der Waals surface area contributed by atoms with Gasteiger partial charge in [-0.3, -0.25) is 0 Å². The van der Waals surface area contributed by atoms with Crippen LogP contribution in [0.2, 0.25) is 0 Å². The minimum absolute atomic E-state index is 0.193. The number of halogens is 1. The van der Waals surface area contributed by atoms with Gasteiger partial charge in [-0.25, -0.2) is 4.39 Å². The summed E-state index contributed by atoms with van der Waals surface area (Å²) in [5.41, 5.74) is 1.42. The lowest BCUT2D eigenvalue weighted by molar-refractivity contribution is -0.903. The summed E-state index contributed by atoms with van der Waals surface area (Å²) in [6, 6.07) is 6.72. The van der Waals surface area contributed by atoms with E-state index < -0.39 is 6.10 Å². The lowest BCUT2D eigenvalue weighted by atomic mass is 9.71. The third-order valence-corrected chi connectivity index (χ3v) is 6.06. The molecule has 0 unspecified atom stereocenters. The Kier molecular flexibility index (Phi) is 6.77. The Hall–Kier alpha value is -1.17. The van der Waals surface area contributed by atoms with Gasteiger partial charge in [0, 0.05) is 5.69 Å². The van der Waals surface area contributed by atoms with Gasteiger partial charge in [-0.2, -0.15) is 0 Å². The number of nitrogens with one attached hydrogen (secondary N) is 1. The van der Waals surface area contributed by atoms with E-state index in [-0.39, 0.29) is 11.9 Å². The van der Waals surface area contributed by atoms with Crippen LogP contribution in [-0.2, 0) is 4.74 Å². The molecule has 0 spiro atoms. The second-order valence-corrected chi connectivity index (χ2v) is 9.44. The topological polar surface area (TPSA) is 37.1 Å². The van der Waals surface area contributed by atoms with Crippen LogP contribution < -0.4 is 9.80 Å². The monoisotopic (exact) mass is 379 g/mol. The number of anilines is 1. The summed E-state index contributed by atoms with van der Waals surface area (Å²) in [5.74, 6) is 0.503. The zero-order valence-corrected chi connectivity index (χ0v) is 17.1. The van der Waals surface area contributed by atoms with E-state index in [1.54, 1.807) is 0 Å². The van der Waals surface area contributed by atoms with Crippen molar-refractivity contribution in [2.45, 2.75) is 52.2 Å². The quantitative estimate of drug-likeness (QED) is 0.795. The number of aliphatic hydroxyl groups excluding tert-OH is 1. The van der Waals surface area contributed by atoms with Crippen LogP contribution in [-0.4, -0.2) is 56.6 Å². The highest BCUT2D eigenvalue weighted by molar-refractivity contribution is 5.46. The van der Waals surface area contributed by atoms with E-state index in [0.717, 1.165) is 51.3 Å². The van der Waals surface area contributed by atoms with Gasteiger partial charge in [-0.05, 0) is 54.9 Å². The second-order valence-electron chi connectivity index (χ2n) is 9.44. The molecule has 1 saturated carbocycles. The third kappa shape index (κ3) is 6.16. The first-order valence-corrected chi connectivity index (χ1v) is 10.4. The molecule has 1 aromatic rings. The lowest BCUT2D eigenvalue weighted by Gasteiger charge is -2.39. The molecule has 3 atom stereocenters. The average molecular weight is 380 g/mol. The minimum atomic E-state index is -0.405. The van der Waals surface area contributed by atoms with Gasteiger partial charge < -0.3 is 19.6 Å². The van der Waals surface area contributed by atoms with E-state index in [1.807, 2.05) is 12.1 Å². The van der Waals surface area contributed by atoms with Crippen LogP contribution in [0.5, 0.6) is 0 Å². The average Bonchev–Trinajstić information content (AvgIpc) is 2.60. The number of hydrogen-bond donors (Lipinski definition) is 2. The zero-order chi connectivity index (χ0) is 19.4. The van der Waals surface area contributed by atoms with Crippen molar-refractivity contribution in [2.75, 3.05) is 44.2 Å². The normalized spacial score (nSPS) is 27.5. The summed E-state index contributed by atoms with van der Waals surface area (Å²) >= 11 is 0. The van der Waals surface area contributed by atoms with E-state index >= 15 is 0 Å². The Bertz CT molecular complexity index is 584. The Morgan fingerprint density at radius 1 is 1.22 bits per heavy atom. The molecular weight excluding hydrogens is 343 g/mol. The fourth-order valence-corrected chi connectivity index (χ4v) is 4.96. The van der Waals surface area contributed by atoms with Crippen LogP contribution in [0.1, 0.15) is 40.0 Å². The summed E-state index contributed by atoms with van der Waals surface area (Å²) < 4.78 is 19.2. The highest BCUT2D eigenvalue weighted by Gasteiger charge is 2.33. The first kappa shape index (κ1) is 20.6. The molecule has 1 heterocycles. The SMILES string of the molecule is C[C@@H]1C[C@@H](OC[C@H](O)C[NH+]2CCN(c3ccc(F)cc3)CC2)CC(C)(C)C1. The van der Waals surface area contributed by atoms with E-state index in [0.29, 0.717) is 17.9 Å². The number of rotatable bonds is 6. The van der Waals surface area contributed by atoms with Crippen molar-refractivity contribution in [1.29, 1.82) is 0 Å². The Balaban J connectivity index is 1.38. The third-order valence-electron chi connectivity index (χ3n) is 6.06. The second kappa shape index (κ2) is 8.89. The van der Waals surface area contributed by atoms with Crippen LogP contribution in [0.25, 0.3) is 0 Å². The smallest absolute Gasteiger partial charge is 0.126 e. The maximum atomic E-state index is 13.1. The van der Waals surface area contributed by atoms with Crippen molar-refractivity contribution in [3.05, 3.63) is 30.1 Å². The summed E-state index contributed by atoms with van der Waals surface area (Å²) in [7, 11) is 0. The minimum Gasteiger partial charge on any atom is -0.385 e. The van der Waals surface area contributed by atoms with Crippen molar-refractivity contribution in [1.82, 2.24) is 0 Å². The molecule has 2 N–H and O–H groups in total. The van der Waals surface area contributed by atoms with E-state index in [1.165, 1.54) is 23.5 Å². The molecule has 2 aliphatic rings. The van der Waals surface area contributed by atoms with Crippen molar-refractivity contribution >= 4 is 5.69 Å². The molecule has 1 aliphatic carbocycles. The van der Waals surface area contributed by atoms with Gasteiger partial charge >= 0.3 is 0 Å². The van der Waals surface area contributed by atoms with E-state index in [4.69, 9.17) is 4.74 Å². The summed E-state index contributed by atoms with van der Waals surface area (Å²) in [6.45, 7) is 12.0. The molecule has 0 aromatic heterocycles. The van der Waals surface area contributed by atoms with Crippen LogP contribution in [0.15, 0.2) is 24.3 Å². The van der Waals surface area contributed by atoms with Crippen molar-refractivity contribution < 1.29 is 19.1 Å². The number of quaternary nitrogens is 1. The molecule has 1 aliphatic heterocycles. The van der Waals surface area contributed by atoms with Gasteiger partial charge in [-0.1, -0.05) is 20.8 Å². The summed E-state index contributed by atoms with van der Waals surface area (Å²) in [5, 5.41) is 10.4. The first-order valence-electron chi connectivity index (χ1n) is 10.4. The van der Waals surface area contributed by atoms with Gasteiger partial charge in [-0.15, -0.1) is 0 Å². The van der Waals surface area contributed by atoms with Crippen molar-refractivity contribution in [3.8, 4) is 0 Å². The first-order chi connectivity index (χ1) is 12.8. The molecule has 3 rings (SSSR count). The molecule has 5 heteroatoms. The fourth-order valence-electron chi connectivity index (χ4n) is 4.96. The molecule has 4 nitrogen and oxygen atoms in total. The Morgan fingerprint density at radius 2 is 1.89 bits per heavy atom. The van der Waals surface area contributed by atoms with Crippen LogP contribution in [0.3, 0.4) is 0 Å². The highest BCUT2D eigenvalue weighted by atomic mass is 19.1. The number of piperazine rings is 1. The predicted octanol–water partition coefficient (Wildman–Crippen LogP) is 2.12. The molecule has 1 saturated heterocycles. The predicted molar refractivity (Wildman–Crippen MR) is 107 cm³/mol. The largest absolute Gasteiger partial charge is 0.385 e. The molecule has 0 radical (unpaired) electrons. The van der Waals surface area contributed by atoms with Crippen molar-refractivity contribution in [3.63, 3.8) is 0 Å². The summed E-state index contributed by atoms with van der Waals surface area (Å²) in [6.07, 6.45) is 3.34. The van der Waals surface area contributed by atoms with Crippen LogP contribution in [0.4, 0.5) is 10.1 Å². The van der Waals surface area contributed by atoms with Gasteiger partial charge in [0.1, 0.15) is 18.5 Å². The number of ether oxygens (including phenoxy) is 1. The molecule has 2 fully saturated rings. The van der Waals surface area contributed by atoms with Crippen molar-refractivity contribution in [2.24, 2.45) is 11.3 Å². The Labute approximate surface area is 163 Å². The zero-order valence-electron chi connectivity index (χ0n) is 17.1. The molecule has 27 heavy (non-hydrogen) atoms. The highest BCUT2D eigenvalue weighted by Crippen LogP contribution is 2.39. The van der Waals surface area contributed by atoms with Gasteiger partial charge in [0.05, 0.1) is 38.9 Å². The molecular formula is C22H36FN2O2+. The molecule has 152 valence electrons. The lowest BCUT2D eigenvalue weighted by Crippen LogP contribution is -3.16. The summed E-state index contributed by atoms with van der Waals surface area (Å²) in [4.78, 5) is 3.71. The van der Waals surface area contributed by atoms with Gasteiger partial charge in [0.25, 0.3) is 0 Å². The number of benzene rings is 1. The molecule has 0 bridgehead atoms. The maximum Gasteiger partial charge on any atom is 0.126 e. The maximum absolute atomic E-state index is 13.1. The number of hydrogen-bond acceptors (Lipinski definition) is 3. The van der Waals surface area contributed by atoms with Crippen LogP contribution >= 0.6 is 0 Å². The van der Waals surface area contributed by atoms with E-state index in [9.17, 15) is 9.50 Å². The number of nitrogens with zero attached hydrogens (tertiary/aromatic N) is 1.